The van der Waals surface area contributed by atoms with Crippen LogP contribution >= 0.6 is 0 Å². The van der Waals surface area contributed by atoms with E-state index in [2.05, 4.69) is 9.62 Å². The van der Waals surface area contributed by atoms with E-state index in [1.807, 2.05) is 7.05 Å². The Balaban J connectivity index is 2.12. The van der Waals surface area contributed by atoms with Gasteiger partial charge < -0.3 is 4.90 Å². The molecule has 1 aromatic carbocycles. The summed E-state index contributed by atoms with van der Waals surface area (Å²) in [6, 6.07) is 5.23. The molecule has 0 bridgehead atoms. The van der Waals surface area contributed by atoms with Crippen molar-refractivity contribution in [2.75, 3.05) is 26.7 Å². The van der Waals surface area contributed by atoms with Crippen molar-refractivity contribution in [1.82, 2.24) is 9.62 Å². The van der Waals surface area contributed by atoms with E-state index < -0.39 is 21.4 Å². The highest BCUT2D eigenvalue weighted by molar-refractivity contribution is 7.89. The predicted molar refractivity (Wildman–Crippen MR) is 76.5 cm³/mol. The molecule has 0 radical (unpaired) electrons. The minimum atomic E-state index is -3.87. The number of nitriles is 1. The van der Waals surface area contributed by atoms with Gasteiger partial charge in [0.15, 0.2) is 0 Å². The van der Waals surface area contributed by atoms with Crippen LogP contribution < -0.4 is 4.72 Å². The van der Waals surface area contributed by atoms with Gasteiger partial charge in [-0.3, -0.25) is 0 Å². The van der Waals surface area contributed by atoms with Crippen LogP contribution in [0.3, 0.4) is 0 Å². The highest BCUT2D eigenvalue weighted by Gasteiger charge is 2.24. The molecule has 1 aliphatic rings. The SMILES string of the molecule is CN1CCCC(CNS(=O)(=O)c2cccc(F)c2C#N)C1. The molecule has 21 heavy (non-hydrogen) atoms. The largest absolute Gasteiger partial charge is 0.306 e. The molecule has 1 heterocycles. The Morgan fingerprint density at radius 1 is 1.52 bits per heavy atom. The minimum absolute atomic E-state index is 0.234. The minimum Gasteiger partial charge on any atom is -0.306 e. The highest BCUT2D eigenvalue weighted by atomic mass is 32.2. The number of halogens is 1. The second kappa shape index (κ2) is 6.52. The first-order valence-corrected chi connectivity index (χ1v) is 8.29. The summed E-state index contributed by atoms with van der Waals surface area (Å²) in [5, 5.41) is 8.93. The van der Waals surface area contributed by atoms with Crippen LogP contribution in [0.4, 0.5) is 4.39 Å². The molecule has 0 aliphatic carbocycles. The predicted octanol–water partition coefficient (Wildman–Crippen LogP) is 1.32. The van der Waals surface area contributed by atoms with Crippen molar-refractivity contribution in [2.45, 2.75) is 17.7 Å². The molecule has 0 spiro atoms. The fraction of sp³-hybridized carbons (Fsp3) is 0.500. The van der Waals surface area contributed by atoms with E-state index in [0.29, 0.717) is 6.54 Å². The van der Waals surface area contributed by atoms with Crippen LogP contribution in [-0.4, -0.2) is 40.0 Å². The molecular formula is C14H18FN3O2S. The molecule has 5 nitrogen and oxygen atoms in total. The van der Waals surface area contributed by atoms with Crippen LogP contribution in [0.15, 0.2) is 23.1 Å². The molecule has 0 amide bonds. The summed E-state index contributed by atoms with van der Waals surface area (Å²) in [6.45, 7) is 2.15. The van der Waals surface area contributed by atoms with E-state index >= 15 is 0 Å². The van der Waals surface area contributed by atoms with Crippen molar-refractivity contribution in [3.8, 4) is 6.07 Å². The number of hydrogen-bond donors (Lipinski definition) is 1. The molecule has 1 unspecified atom stereocenters. The number of rotatable bonds is 4. The number of sulfonamides is 1. The number of nitrogens with one attached hydrogen (secondary N) is 1. The second-order valence-electron chi connectivity index (χ2n) is 5.35. The number of likely N-dealkylation sites (tertiary alicyclic amines) is 1. The number of piperidine rings is 1. The molecule has 1 fully saturated rings. The molecule has 0 saturated carbocycles. The van der Waals surface area contributed by atoms with Crippen molar-refractivity contribution in [3.63, 3.8) is 0 Å². The second-order valence-corrected chi connectivity index (χ2v) is 7.08. The lowest BCUT2D eigenvalue weighted by atomic mass is 9.99. The molecule has 1 N–H and O–H groups in total. The van der Waals surface area contributed by atoms with Gasteiger partial charge in [-0.2, -0.15) is 5.26 Å². The zero-order valence-corrected chi connectivity index (χ0v) is 12.7. The number of benzene rings is 1. The molecule has 1 saturated heterocycles. The van der Waals surface area contributed by atoms with Gasteiger partial charge in [0.1, 0.15) is 22.3 Å². The average molecular weight is 311 g/mol. The molecule has 2 rings (SSSR count). The Bertz CT molecular complexity index is 655. The van der Waals surface area contributed by atoms with Crippen molar-refractivity contribution in [2.24, 2.45) is 5.92 Å². The van der Waals surface area contributed by atoms with E-state index in [1.165, 1.54) is 12.1 Å². The molecular weight excluding hydrogens is 293 g/mol. The van der Waals surface area contributed by atoms with E-state index in [0.717, 1.165) is 32.0 Å². The fourth-order valence-corrected chi connectivity index (χ4v) is 3.86. The third-order valence-electron chi connectivity index (χ3n) is 3.66. The Morgan fingerprint density at radius 3 is 2.95 bits per heavy atom. The van der Waals surface area contributed by atoms with Crippen LogP contribution in [0.2, 0.25) is 0 Å². The maximum absolute atomic E-state index is 13.5. The van der Waals surface area contributed by atoms with Gasteiger partial charge >= 0.3 is 0 Å². The summed E-state index contributed by atoms with van der Waals surface area (Å²) in [5.41, 5.74) is -0.439. The lowest BCUT2D eigenvalue weighted by molar-refractivity contribution is 0.211. The normalized spacial score (nSPS) is 20.1. The molecule has 7 heteroatoms. The van der Waals surface area contributed by atoms with E-state index in [4.69, 9.17) is 5.26 Å². The summed E-state index contributed by atoms with van der Waals surface area (Å²) < 4.78 is 40.5. The van der Waals surface area contributed by atoms with Crippen molar-refractivity contribution in [3.05, 3.63) is 29.6 Å². The summed E-state index contributed by atoms with van der Waals surface area (Å²) in [4.78, 5) is 1.86. The van der Waals surface area contributed by atoms with Crippen molar-refractivity contribution < 1.29 is 12.8 Å². The molecule has 1 aliphatic heterocycles. The Morgan fingerprint density at radius 2 is 2.29 bits per heavy atom. The smallest absolute Gasteiger partial charge is 0.242 e. The fourth-order valence-electron chi connectivity index (χ4n) is 2.58. The van der Waals surface area contributed by atoms with Gasteiger partial charge in [0.05, 0.1) is 0 Å². The zero-order valence-electron chi connectivity index (χ0n) is 11.8. The lowest BCUT2D eigenvalue weighted by Gasteiger charge is -2.29. The van der Waals surface area contributed by atoms with E-state index in [9.17, 15) is 12.8 Å². The Labute approximate surface area is 124 Å². The first-order chi connectivity index (χ1) is 9.94. The van der Waals surface area contributed by atoms with Gasteiger partial charge in [-0.05, 0) is 44.5 Å². The maximum Gasteiger partial charge on any atom is 0.242 e. The van der Waals surface area contributed by atoms with Gasteiger partial charge in [0, 0.05) is 13.1 Å². The van der Waals surface area contributed by atoms with Gasteiger partial charge in [-0.15, -0.1) is 0 Å². The monoisotopic (exact) mass is 311 g/mol. The highest BCUT2D eigenvalue weighted by Crippen LogP contribution is 2.19. The van der Waals surface area contributed by atoms with E-state index in [1.54, 1.807) is 6.07 Å². The van der Waals surface area contributed by atoms with Crippen LogP contribution in [0.1, 0.15) is 18.4 Å². The Kier molecular flexibility index (Phi) is 4.93. The summed E-state index contributed by atoms with van der Waals surface area (Å²) >= 11 is 0. The quantitative estimate of drug-likeness (QED) is 0.910. The van der Waals surface area contributed by atoms with Crippen LogP contribution in [-0.2, 0) is 10.0 Å². The number of hydrogen-bond acceptors (Lipinski definition) is 4. The number of nitrogens with zero attached hydrogens (tertiary/aromatic N) is 2. The zero-order chi connectivity index (χ0) is 15.5. The Hall–Kier alpha value is -1.49. The third-order valence-corrected chi connectivity index (χ3v) is 5.13. The van der Waals surface area contributed by atoms with Crippen LogP contribution in [0.5, 0.6) is 0 Å². The third kappa shape index (κ3) is 3.79. The maximum atomic E-state index is 13.5. The van der Waals surface area contributed by atoms with Gasteiger partial charge in [0.25, 0.3) is 0 Å². The lowest BCUT2D eigenvalue weighted by Crippen LogP contribution is -2.39. The van der Waals surface area contributed by atoms with Crippen LogP contribution in [0.25, 0.3) is 0 Å². The van der Waals surface area contributed by atoms with Crippen molar-refractivity contribution >= 4 is 10.0 Å². The van der Waals surface area contributed by atoms with Gasteiger partial charge in [0.2, 0.25) is 10.0 Å². The first-order valence-electron chi connectivity index (χ1n) is 6.81. The first kappa shape index (κ1) is 15.9. The average Bonchev–Trinajstić information content (AvgIpc) is 2.45. The summed E-state index contributed by atoms with van der Waals surface area (Å²) in [5.74, 6) is -0.588. The van der Waals surface area contributed by atoms with Gasteiger partial charge in [-0.25, -0.2) is 17.5 Å². The van der Waals surface area contributed by atoms with Gasteiger partial charge in [-0.1, -0.05) is 6.07 Å². The topological polar surface area (TPSA) is 73.2 Å². The van der Waals surface area contributed by atoms with Crippen LogP contribution in [0, 0.1) is 23.1 Å². The van der Waals surface area contributed by atoms with Crippen molar-refractivity contribution in [1.29, 1.82) is 5.26 Å². The molecule has 1 atom stereocenters. The molecule has 114 valence electrons. The standard InChI is InChI=1S/C14H18FN3O2S/c1-18-7-3-4-11(10-18)9-17-21(19,20)14-6-2-5-13(15)12(14)8-16/h2,5-6,11,17H,3-4,7,9-10H2,1H3. The summed E-state index contributed by atoms with van der Waals surface area (Å²) in [6.07, 6.45) is 1.99. The van der Waals surface area contributed by atoms with E-state index in [-0.39, 0.29) is 10.8 Å². The molecule has 1 aromatic rings. The summed E-state index contributed by atoms with van der Waals surface area (Å²) in [7, 11) is -1.87. The molecule has 0 aromatic heterocycles.